The molecule has 1 heterocycles. The number of hydrogen-bond donors (Lipinski definition) is 1. The number of aromatic nitrogens is 1. The topological polar surface area (TPSA) is 68.7 Å². The first-order valence-electron chi connectivity index (χ1n) is 5.03. The van der Waals surface area contributed by atoms with Crippen LogP contribution in [0.3, 0.4) is 0 Å². The molecule has 0 aliphatic heterocycles. The van der Waals surface area contributed by atoms with Gasteiger partial charge in [0.25, 0.3) is 0 Å². The van der Waals surface area contributed by atoms with E-state index in [0.717, 1.165) is 0 Å². The van der Waals surface area contributed by atoms with Gasteiger partial charge in [-0.1, -0.05) is 11.6 Å². The number of ether oxygens (including phenoxy) is 2. The third-order valence-corrected chi connectivity index (χ3v) is 2.77. The molecule has 0 saturated carbocycles. The molecule has 0 spiro atoms. The molecular formula is C12H10ClNO4. The van der Waals surface area contributed by atoms with Crippen molar-refractivity contribution >= 4 is 28.5 Å². The van der Waals surface area contributed by atoms with Crippen LogP contribution in [0.2, 0.25) is 5.02 Å². The van der Waals surface area contributed by atoms with E-state index in [-0.39, 0.29) is 5.69 Å². The summed E-state index contributed by atoms with van der Waals surface area (Å²) in [5, 5.41) is 9.91. The van der Waals surface area contributed by atoms with Gasteiger partial charge in [0, 0.05) is 11.5 Å². The van der Waals surface area contributed by atoms with Crippen LogP contribution in [0.1, 0.15) is 10.5 Å². The number of carbonyl (C=O) groups is 1. The Hall–Kier alpha value is -2.01. The van der Waals surface area contributed by atoms with Gasteiger partial charge in [0.05, 0.1) is 19.2 Å². The van der Waals surface area contributed by atoms with Crippen LogP contribution < -0.4 is 9.47 Å². The number of hydrogen-bond acceptors (Lipinski definition) is 4. The quantitative estimate of drug-likeness (QED) is 0.926. The summed E-state index contributed by atoms with van der Waals surface area (Å²) >= 11 is 6.04. The van der Waals surface area contributed by atoms with Crippen molar-refractivity contribution in [2.45, 2.75) is 0 Å². The predicted octanol–water partition coefficient (Wildman–Crippen LogP) is 2.60. The monoisotopic (exact) mass is 267 g/mol. The Kier molecular flexibility index (Phi) is 3.25. The number of carboxylic acids is 1. The first kappa shape index (κ1) is 12.4. The normalized spacial score (nSPS) is 10.4. The Labute approximate surface area is 108 Å². The van der Waals surface area contributed by atoms with E-state index in [2.05, 4.69) is 4.98 Å². The van der Waals surface area contributed by atoms with E-state index in [1.54, 1.807) is 12.1 Å². The summed E-state index contributed by atoms with van der Waals surface area (Å²) in [6.07, 6.45) is 0. The molecule has 0 atom stereocenters. The average Bonchev–Trinajstić information content (AvgIpc) is 2.37. The molecule has 5 nitrogen and oxygen atoms in total. The van der Waals surface area contributed by atoms with Gasteiger partial charge in [-0.2, -0.15) is 0 Å². The minimum atomic E-state index is -1.10. The van der Waals surface area contributed by atoms with Gasteiger partial charge in [0.1, 0.15) is 22.7 Å². The standard InChI is InChI=1S/C12H10ClNO4/c1-17-9-5-7(13)11(18-2)6-3-4-8(12(15)16)14-10(6)9/h3-5H,1-2H3,(H,15,16). The Bertz CT molecular complexity index is 627. The van der Waals surface area contributed by atoms with E-state index in [0.29, 0.717) is 27.4 Å². The van der Waals surface area contributed by atoms with Gasteiger partial charge in [-0.3, -0.25) is 0 Å². The summed E-state index contributed by atoms with van der Waals surface area (Å²) in [6.45, 7) is 0. The molecule has 2 rings (SSSR count). The van der Waals surface area contributed by atoms with Crippen LogP contribution in [0.4, 0.5) is 0 Å². The second-order valence-electron chi connectivity index (χ2n) is 3.49. The molecule has 94 valence electrons. The van der Waals surface area contributed by atoms with Crippen molar-refractivity contribution in [3.63, 3.8) is 0 Å². The fourth-order valence-corrected chi connectivity index (χ4v) is 1.97. The summed E-state index contributed by atoms with van der Waals surface area (Å²) in [5.74, 6) is -0.260. The van der Waals surface area contributed by atoms with Gasteiger partial charge in [-0.15, -0.1) is 0 Å². The van der Waals surface area contributed by atoms with Crippen molar-refractivity contribution in [1.29, 1.82) is 0 Å². The highest BCUT2D eigenvalue weighted by Crippen LogP contribution is 2.38. The molecular weight excluding hydrogens is 258 g/mol. The number of rotatable bonds is 3. The van der Waals surface area contributed by atoms with E-state index in [4.69, 9.17) is 26.2 Å². The van der Waals surface area contributed by atoms with Gasteiger partial charge < -0.3 is 14.6 Å². The minimum absolute atomic E-state index is 0.0647. The van der Waals surface area contributed by atoms with E-state index in [1.165, 1.54) is 20.3 Å². The maximum Gasteiger partial charge on any atom is 0.354 e. The Morgan fingerprint density at radius 3 is 2.61 bits per heavy atom. The van der Waals surface area contributed by atoms with Crippen molar-refractivity contribution in [3.05, 3.63) is 28.9 Å². The maximum absolute atomic E-state index is 10.9. The van der Waals surface area contributed by atoms with Gasteiger partial charge in [0.15, 0.2) is 0 Å². The lowest BCUT2D eigenvalue weighted by atomic mass is 10.1. The third-order valence-electron chi connectivity index (χ3n) is 2.49. The van der Waals surface area contributed by atoms with Gasteiger partial charge >= 0.3 is 5.97 Å². The lowest BCUT2D eigenvalue weighted by Gasteiger charge is -2.11. The lowest BCUT2D eigenvalue weighted by Crippen LogP contribution is -2.01. The zero-order chi connectivity index (χ0) is 13.3. The molecule has 0 aliphatic carbocycles. The second kappa shape index (κ2) is 4.70. The van der Waals surface area contributed by atoms with Crippen LogP contribution in [-0.2, 0) is 0 Å². The fraction of sp³-hybridized carbons (Fsp3) is 0.167. The van der Waals surface area contributed by atoms with Crippen LogP contribution in [-0.4, -0.2) is 30.3 Å². The second-order valence-corrected chi connectivity index (χ2v) is 3.90. The van der Waals surface area contributed by atoms with Crippen molar-refractivity contribution in [2.75, 3.05) is 14.2 Å². The summed E-state index contributed by atoms with van der Waals surface area (Å²) in [4.78, 5) is 14.9. The number of benzene rings is 1. The molecule has 0 amide bonds. The average molecular weight is 268 g/mol. The van der Waals surface area contributed by atoms with E-state index in [9.17, 15) is 4.79 Å². The van der Waals surface area contributed by atoms with Crippen molar-refractivity contribution in [3.8, 4) is 11.5 Å². The molecule has 0 unspecified atom stereocenters. The zero-order valence-electron chi connectivity index (χ0n) is 9.73. The molecule has 2 aromatic rings. The Morgan fingerprint density at radius 1 is 1.33 bits per heavy atom. The SMILES string of the molecule is COc1c(Cl)cc(OC)c2nc(C(=O)O)ccc12. The number of pyridine rings is 1. The first-order chi connectivity index (χ1) is 8.58. The Balaban J connectivity index is 2.84. The highest BCUT2D eigenvalue weighted by molar-refractivity contribution is 6.33. The Morgan fingerprint density at radius 2 is 2.06 bits per heavy atom. The maximum atomic E-state index is 10.9. The predicted molar refractivity (Wildman–Crippen MR) is 66.8 cm³/mol. The summed E-state index contributed by atoms with van der Waals surface area (Å²) in [5.41, 5.74) is 0.337. The van der Waals surface area contributed by atoms with Crippen LogP contribution in [0.5, 0.6) is 11.5 Å². The number of fused-ring (bicyclic) bond motifs is 1. The van der Waals surface area contributed by atoms with Crippen molar-refractivity contribution < 1.29 is 19.4 Å². The van der Waals surface area contributed by atoms with E-state index in [1.807, 2.05) is 0 Å². The van der Waals surface area contributed by atoms with Gasteiger partial charge in [-0.25, -0.2) is 9.78 Å². The molecule has 0 radical (unpaired) electrons. The summed E-state index contributed by atoms with van der Waals surface area (Å²) < 4.78 is 10.3. The molecule has 0 fully saturated rings. The molecule has 0 aliphatic rings. The van der Waals surface area contributed by atoms with Crippen LogP contribution in [0, 0.1) is 0 Å². The molecule has 1 aromatic carbocycles. The number of nitrogens with zero attached hydrogens (tertiary/aromatic N) is 1. The molecule has 0 saturated heterocycles. The zero-order valence-corrected chi connectivity index (χ0v) is 10.5. The van der Waals surface area contributed by atoms with E-state index < -0.39 is 5.97 Å². The third kappa shape index (κ3) is 1.93. The number of carboxylic acid groups (broad SMARTS) is 1. The summed E-state index contributed by atoms with van der Waals surface area (Å²) in [6, 6.07) is 4.53. The number of methoxy groups -OCH3 is 2. The van der Waals surface area contributed by atoms with Crippen LogP contribution >= 0.6 is 11.6 Å². The first-order valence-corrected chi connectivity index (χ1v) is 5.40. The number of halogens is 1. The van der Waals surface area contributed by atoms with Crippen LogP contribution in [0.15, 0.2) is 18.2 Å². The van der Waals surface area contributed by atoms with Crippen molar-refractivity contribution in [2.24, 2.45) is 0 Å². The van der Waals surface area contributed by atoms with Crippen molar-refractivity contribution in [1.82, 2.24) is 4.98 Å². The highest BCUT2D eigenvalue weighted by Gasteiger charge is 2.15. The van der Waals surface area contributed by atoms with Gasteiger partial charge in [-0.05, 0) is 12.1 Å². The number of aromatic carboxylic acids is 1. The molecule has 0 bridgehead atoms. The van der Waals surface area contributed by atoms with E-state index >= 15 is 0 Å². The molecule has 6 heteroatoms. The molecule has 18 heavy (non-hydrogen) atoms. The molecule has 1 aromatic heterocycles. The smallest absolute Gasteiger partial charge is 0.354 e. The highest BCUT2D eigenvalue weighted by atomic mass is 35.5. The largest absolute Gasteiger partial charge is 0.494 e. The summed E-state index contributed by atoms with van der Waals surface area (Å²) in [7, 11) is 2.95. The molecule has 1 N–H and O–H groups in total. The van der Waals surface area contributed by atoms with Crippen LogP contribution in [0.25, 0.3) is 10.9 Å². The fourth-order valence-electron chi connectivity index (χ4n) is 1.69. The minimum Gasteiger partial charge on any atom is -0.494 e. The lowest BCUT2D eigenvalue weighted by molar-refractivity contribution is 0.0691. The van der Waals surface area contributed by atoms with Gasteiger partial charge in [0.2, 0.25) is 0 Å².